The molecule has 2 N–H and O–H groups in total. The van der Waals surface area contributed by atoms with Gasteiger partial charge in [-0.05, 0) is 50.5 Å². The fraction of sp³-hybridized carbons (Fsp3) is 0.615. The van der Waals surface area contributed by atoms with Crippen LogP contribution in [0.2, 0.25) is 0 Å². The summed E-state index contributed by atoms with van der Waals surface area (Å²) in [6, 6.07) is 4.78. The third kappa shape index (κ3) is 3.99. The van der Waals surface area contributed by atoms with Crippen molar-refractivity contribution in [2.24, 2.45) is 5.92 Å². The van der Waals surface area contributed by atoms with Crippen LogP contribution in [0.25, 0.3) is 0 Å². The van der Waals surface area contributed by atoms with Crippen molar-refractivity contribution in [3.63, 3.8) is 0 Å². The Kier molecular flexibility index (Phi) is 5.01. The average molecular weight is 255 g/mol. The van der Waals surface area contributed by atoms with Gasteiger partial charge in [-0.25, -0.2) is 8.78 Å². The molecule has 1 aliphatic heterocycles. The van der Waals surface area contributed by atoms with Crippen LogP contribution in [-0.4, -0.2) is 24.6 Å². The van der Waals surface area contributed by atoms with E-state index < -0.39 is 6.43 Å². The minimum atomic E-state index is -2.49. The third-order valence-corrected chi connectivity index (χ3v) is 3.25. The lowest BCUT2D eigenvalue weighted by Gasteiger charge is -2.22. The first-order chi connectivity index (χ1) is 8.75. The van der Waals surface area contributed by atoms with Gasteiger partial charge in [0, 0.05) is 6.54 Å². The van der Waals surface area contributed by atoms with Crippen molar-refractivity contribution in [1.82, 2.24) is 15.6 Å². The summed E-state index contributed by atoms with van der Waals surface area (Å²) in [5.74, 6) is 0.685. The summed E-state index contributed by atoms with van der Waals surface area (Å²) in [6.45, 7) is 3.64. The number of hydrogen-bond donors (Lipinski definition) is 2. The molecule has 0 aliphatic carbocycles. The minimum absolute atomic E-state index is 0.142. The molecule has 0 radical (unpaired) electrons. The first kappa shape index (κ1) is 13.4. The van der Waals surface area contributed by atoms with Gasteiger partial charge in [-0.15, -0.1) is 0 Å². The Hall–Kier alpha value is -1.07. The highest BCUT2D eigenvalue weighted by atomic mass is 19.3. The highest BCUT2D eigenvalue weighted by Crippen LogP contribution is 2.16. The van der Waals surface area contributed by atoms with Crippen LogP contribution in [0.3, 0.4) is 0 Å². The summed E-state index contributed by atoms with van der Waals surface area (Å²) in [5.41, 5.74) is 0.540. The molecule has 0 spiro atoms. The predicted octanol–water partition coefficient (Wildman–Crippen LogP) is 2.11. The smallest absolute Gasteiger partial charge is 0.280 e. The number of piperidine rings is 1. The lowest BCUT2D eigenvalue weighted by atomic mass is 9.98. The van der Waals surface area contributed by atoms with Crippen LogP contribution >= 0.6 is 0 Å². The number of aromatic nitrogens is 1. The SMILES string of the molecule is FC(F)c1cccc(CNCC2CCNCC2)n1. The zero-order valence-electron chi connectivity index (χ0n) is 10.3. The molecule has 2 rings (SSSR count). The van der Waals surface area contributed by atoms with Crippen LogP contribution in [0.1, 0.15) is 30.7 Å². The van der Waals surface area contributed by atoms with Crippen molar-refractivity contribution in [2.45, 2.75) is 25.8 Å². The van der Waals surface area contributed by atoms with Gasteiger partial charge in [0.1, 0.15) is 5.69 Å². The molecule has 0 aromatic carbocycles. The van der Waals surface area contributed by atoms with E-state index in [0.717, 1.165) is 19.6 Å². The predicted molar refractivity (Wildman–Crippen MR) is 66.5 cm³/mol. The van der Waals surface area contributed by atoms with Gasteiger partial charge in [0.25, 0.3) is 6.43 Å². The van der Waals surface area contributed by atoms with Gasteiger partial charge in [-0.2, -0.15) is 0 Å². The minimum Gasteiger partial charge on any atom is -0.317 e. The third-order valence-electron chi connectivity index (χ3n) is 3.25. The van der Waals surface area contributed by atoms with E-state index in [1.165, 1.54) is 18.9 Å². The number of hydrogen-bond acceptors (Lipinski definition) is 3. The standard InChI is InChI=1S/C13H19F2N3/c14-13(15)12-3-1-2-11(18-12)9-17-8-10-4-6-16-7-5-10/h1-3,10,13,16-17H,4-9H2. The van der Waals surface area contributed by atoms with Crippen molar-refractivity contribution in [3.8, 4) is 0 Å². The summed E-state index contributed by atoms with van der Waals surface area (Å²) in [6.07, 6.45) is -0.135. The number of pyridine rings is 1. The summed E-state index contributed by atoms with van der Waals surface area (Å²) in [5, 5.41) is 6.62. The Balaban J connectivity index is 1.77. The molecule has 2 heterocycles. The summed E-state index contributed by atoms with van der Waals surface area (Å²) in [7, 11) is 0. The van der Waals surface area contributed by atoms with Gasteiger partial charge < -0.3 is 10.6 Å². The topological polar surface area (TPSA) is 37.0 Å². The summed E-state index contributed by atoms with van der Waals surface area (Å²) >= 11 is 0. The average Bonchev–Trinajstić information content (AvgIpc) is 2.40. The molecule has 1 aliphatic rings. The second-order valence-electron chi connectivity index (χ2n) is 4.68. The molecule has 1 saturated heterocycles. The van der Waals surface area contributed by atoms with Crippen molar-refractivity contribution in [3.05, 3.63) is 29.6 Å². The van der Waals surface area contributed by atoms with E-state index in [1.54, 1.807) is 12.1 Å². The van der Waals surface area contributed by atoms with Crippen LogP contribution in [-0.2, 0) is 6.54 Å². The van der Waals surface area contributed by atoms with Crippen LogP contribution < -0.4 is 10.6 Å². The van der Waals surface area contributed by atoms with Crippen LogP contribution in [0, 0.1) is 5.92 Å². The maximum Gasteiger partial charge on any atom is 0.280 e. The van der Waals surface area contributed by atoms with Gasteiger partial charge in [-0.3, -0.25) is 4.98 Å². The van der Waals surface area contributed by atoms with Crippen LogP contribution in [0.15, 0.2) is 18.2 Å². The van der Waals surface area contributed by atoms with Gasteiger partial charge in [0.2, 0.25) is 0 Å². The molecular formula is C13H19F2N3. The molecule has 100 valence electrons. The lowest BCUT2D eigenvalue weighted by molar-refractivity contribution is 0.145. The van der Waals surface area contributed by atoms with Crippen LogP contribution in [0.4, 0.5) is 8.78 Å². The maximum absolute atomic E-state index is 12.5. The van der Waals surface area contributed by atoms with E-state index in [-0.39, 0.29) is 5.69 Å². The zero-order chi connectivity index (χ0) is 12.8. The fourth-order valence-corrected chi connectivity index (χ4v) is 2.21. The van der Waals surface area contributed by atoms with Gasteiger partial charge in [0.05, 0.1) is 5.69 Å². The van der Waals surface area contributed by atoms with E-state index in [4.69, 9.17) is 0 Å². The first-order valence-electron chi connectivity index (χ1n) is 6.41. The fourth-order valence-electron chi connectivity index (χ4n) is 2.21. The number of nitrogens with one attached hydrogen (secondary N) is 2. The number of halogens is 2. The molecule has 3 nitrogen and oxygen atoms in total. The molecule has 1 aromatic rings. The molecule has 1 aromatic heterocycles. The Morgan fingerprint density at radius 2 is 2.11 bits per heavy atom. The number of alkyl halides is 2. The molecule has 0 unspecified atom stereocenters. The Bertz CT molecular complexity index is 365. The van der Waals surface area contributed by atoms with Gasteiger partial charge >= 0.3 is 0 Å². The van der Waals surface area contributed by atoms with Gasteiger partial charge in [-0.1, -0.05) is 6.07 Å². The van der Waals surface area contributed by atoms with E-state index in [0.29, 0.717) is 18.2 Å². The highest BCUT2D eigenvalue weighted by Gasteiger charge is 2.12. The van der Waals surface area contributed by atoms with Crippen molar-refractivity contribution >= 4 is 0 Å². The maximum atomic E-state index is 12.5. The van der Waals surface area contributed by atoms with E-state index in [9.17, 15) is 8.78 Å². The second kappa shape index (κ2) is 6.75. The van der Waals surface area contributed by atoms with E-state index >= 15 is 0 Å². The molecule has 0 bridgehead atoms. The van der Waals surface area contributed by atoms with Crippen molar-refractivity contribution < 1.29 is 8.78 Å². The second-order valence-corrected chi connectivity index (χ2v) is 4.68. The zero-order valence-corrected chi connectivity index (χ0v) is 10.3. The monoisotopic (exact) mass is 255 g/mol. The van der Waals surface area contributed by atoms with Crippen molar-refractivity contribution in [2.75, 3.05) is 19.6 Å². The largest absolute Gasteiger partial charge is 0.317 e. The Labute approximate surface area is 106 Å². The van der Waals surface area contributed by atoms with Gasteiger partial charge in [0.15, 0.2) is 0 Å². The van der Waals surface area contributed by atoms with E-state index in [2.05, 4.69) is 15.6 Å². The molecular weight excluding hydrogens is 236 g/mol. The summed E-state index contributed by atoms with van der Waals surface area (Å²) in [4.78, 5) is 3.93. The Morgan fingerprint density at radius 3 is 2.83 bits per heavy atom. The van der Waals surface area contributed by atoms with Crippen molar-refractivity contribution in [1.29, 1.82) is 0 Å². The molecule has 5 heteroatoms. The first-order valence-corrected chi connectivity index (χ1v) is 6.41. The number of rotatable bonds is 5. The molecule has 0 atom stereocenters. The molecule has 0 saturated carbocycles. The molecule has 0 amide bonds. The number of nitrogens with zero attached hydrogens (tertiary/aromatic N) is 1. The quantitative estimate of drug-likeness (QED) is 0.846. The Morgan fingerprint density at radius 1 is 1.33 bits per heavy atom. The normalized spacial score (nSPS) is 17.3. The van der Waals surface area contributed by atoms with Crippen LogP contribution in [0.5, 0.6) is 0 Å². The molecule has 18 heavy (non-hydrogen) atoms. The lowest BCUT2D eigenvalue weighted by Crippen LogP contribution is -2.33. The highest BCUT2D eigenvalue weighted by molar-refractivity contribution is 5.11. The summed E-state index contributed by atoms with van der Waals surface area (Å²) < 4.78 is 24.9. The van der Waals surface area contributed by atoms with E-state index in [1.807, 2.05) is 0 Å². The molecule has 1 fully saturated rings.